The summed E-state index contributed by atoms with van der Waals surface area (Å²) in [6.07, 6.45) is 0. The van der Waals surface area contributed by atoms with Crippen molar-refractivity contribution in [2.45, 2.75) is 24.0 Å². The molecule has 0 spiro atoms. The fraction of sp³-hybridized carbons (Fsp3) is 0.455. The molecule has 78 valence electrons. The minimum Gasteiger partial charge on any atom is -0.316 e. The highest BCUT2D eigenvalue weighted by atomic mass is 35.5. The number of hydrogen-bond donors (Lipinski definition) is 1. The summed E-state index contributed by atoms with van der Waals surface area (Å²) in [4.78, 5) is 1.17. The lowest BCUT2D eigenvalue weighted by atomic mass is 10.4. The Morgan fingerprint density at radius 2 is 2.14 bits per heavy atom. The zero-order valence-corrected chi connectivity index (χ0v) is 10.2. The summed E-state index contributed by atoms with van der Waals surface area (Å²) >= 11 is 7.88. The molecule has 0 saturated heterocycles. The summed E-state index contributed by atoms with van der Waals surface area (Å²) in [6, 6.07) is 7.98. The van der Waals surface area contributed by atoms with Gasteiger partial charge in [0.1, 0.15) is 0 Å². The van der Waals surface area contributed by atoms with Crippen molar-refractivity contribution in [1.29, 1.82) is 0 Å². The van der Waals surface area contributed by atoms with Gasteiger partial charge in [0.15, 0.2) is 0 Å². The highest BCUT2D eigenvalue weighted by Crippen LogP contribution is 2.29. The molecule has 0 heterocycles. The lowest BCUT2D eigenvalue weighted by molar-refractivity contribution is 0.713. The molecule has 1 atom stereocenters. The molecule has 1 aromatic rings. The van der Waals surface area contributed by atoms with Crippen LogP contribution in [-0.2, 0) is 0 Å². The van der Waals surface area contributed by atoms with Crippen molar-refractivity contribution in [3.05, 3.63) is 29.3 Å². The van der Waals surface area contributed by atoms with E-state index in [9.17, 15) is 0 Å². The Morgan fingerprint density at radius 1 is 1.43 bits per heavy atom. The van der Waals surface area contributed by atoms with Crippen LogP contribution in [0.3, 0.4) is 0 Å². The predicted molar refractivity (Wildman–Crippen MR) is 65.3 cm³/mol. The van der Waals surface area contributed by atoms with Gasteiger partial charge >= 0.3 is 0 Å². The van der Waals surface area contributed by atoms with E-state index >= 15 is 0 Å². The Balaban J connectivity index is 2.47. The second-order valence-electron chi connectivity index (χ2n) is 3.17. The van der Waals surface area contributed by atoms with E-state index in [1.807, 2.05) is 30.0 Å². The maximum atomic E-state index is 6.06. The Kier molecular flexibility index (Phi) is 5.38. The maximum Gasteiger partial charge on any atom is 0.0541 e. The lowest BCUT2D eigenvalue weighted by Crippen LogP contribution is -2.21. The first kappa shape index (κ1) is 11.9. The van der Waals surface area contributed by atoms with Gasteiger partial charge in [-0.05, 0) is 18.7 Å². The van der Waals surface area contributed by atoms with Gasteiger partial charge in [-0.3, -0.25) is 0 Å². The Bertz CT molecular complexity index is 278. The van der Waals surface area contributed by atoms with Crippen LogP contribution in [0.15, 0.2) is 29.2 Å². The smallest absolute Gasteiger partial charge is 0.0541 e. The van der Waals surface area contributed by atoms with E-state index in [1.165, 1.54) is 4.90 Å². The molecule has 0 amide bonds. The van der Waals surface area contributed by atoms with Crippen LogP contribution < -0.4 is 5.32 Å². The van der Waals surface area contributed by atoms with Gasteiger partial charge in [-0.2, -0.15) is 0 Å². The third kappa shape index (κ3) is 3.91. The number of rotatable bonds is 5. The summed E-state index contributed by atoms with van der Waals surface area (Å²) in [5, 5.41) is 4.72. The van der Waals surface area contributed by atoms with Crippen molar-refractivity contribution < 1.29 is 0 Å². The number of thioether (sulfide) groups is 1. The topological polar surface area (TPSA) is 12.0 Å². The normalized spacial score (nSPS) is 12.8. The van der Waals surface area contributed by atoms with Crippen molar-refractivity contribution in [3.63, 3.8) is 0 Å². The molecule has 0 bridgehead atoms. The van der Waals surface area contributed by atoms with Crippen LogP contribution in [0.2, 0.25) is 5.02 Å². The zero-order valence-electron chi connectivity index (χ0n) is 8.59. The Hall–Kier alpha value is -0.180. The van der Waals surface area contributed by atoms with Crippen LogP contribution in [0.4, 0.5) is 0 Å². The summed E-state index contributed by atoms with van der Waals surface area (Å²) < 4.78 is 0. The molecule has 0 aliphatic carbocycles. The fourth-order valence-corrected chi connectivity index (χ4v) is 2.39. The molecule has 14 heavy (non-hydrogen) atoms. The van der Waals surface area contributed by atoms with Gasteiger partial charge in [0.05, 0.1) is 5.02 Å². The van der Waals surface area contributed by atoms with E-state index in [4.69, 9.17) is 11.6 Å². The highest BCUT2D eigenvalue weighted by Gasteiger charge is 2.05. The molecule has 0 saturated carbocycles. The molecule has 3 heteroatoms. The average molecular weight is 230 g/mol. The van der Waals surface area contributed by atoms with Gasteiger partial charge in [0.2, 0.25) is 0 Å². The van der Waals surface area contributed by atoms with Crippen LogP contribution in [-0.4, -0.2) is 18.3 Å². The molecule has 1 aromatic carbocycles. The molecule has 0 fully saturated rings. The van der Waals surface area contributed by atoms with Crippen molar-refractivity contribution >= 4 is 23.4 Å². The van der Waals surface area contributed by atoms with Crippen LogP contribution in [0.25, 0.3) is 0 Å². The van der Waals surface area contributed by atoms with Gasteiger partial charge in [0, 0.05) is 16.7 Å². The molecule has 1 nitrogen and oxygen atoms in total. The monoisotopic (exact) mass is 229 g/mol. The summed E-state index contributed by atoms with van der Waals surface area (Å²) in [7, 11) is 0. The van der Waals surface area contributed by atoms with Crippen LogP contribution >= 0.6 is 23.4 Å². The van der Waals surface area contributed by atoms with Crippen LogP contribution in [0.5, 0.6) is 0 Å². The molecule has 1 N–H and O–H groups in total. The molecular weight excluding hydrogens is 214 g/mol. The predicted octanol–water partition coefficient (Wildman–Crippen LogP) is 3.43. The lowest BCUT2D eigenvalue weighted by Gasteiger charge is -2.12. The fourth-order valence-electron chi connectivity index (χ4n) is 1.15. The molecule has 0 aliphatic rings. The number of nitrogens with one attached hydrogen (secondary N) is 1. The standard InChI is InChI=1S/C11H16ClNS/c1-3-13-8-9(2)14-11-7-5-4-6-10(11)12/h4-7,9,13H,3,8H2,1-2H3. The minimum atomic E-state index is 0.551. The van der Waals surface area contributed by atoms with Crippen molar-refractivity contribution in [1.82, 2.24) is 5.32 Å². The van der Waals surface area contributed by atoms with Gasteiger partial charge in [-0.15, -0.1) is 11.8 Å². The van der Waals surface area contributed by atoms with Crippen molar-refractivity contribution in [2.24, 2.45) is 0 Å². The first-order valence-corrected chi connectivity index (χ1v) is 6.11. The van der Waals surface area contributed by atoms with Crippen LogP contribution in [0.1, 0.15) is 13.8 Å². The molecular formula is C11H16ClNS. The minimum absolute atomic E-state index is 0.551. The van der Waals surface area contributed by atoms with E-state index in [2.05, 4.69) is 25.2 Å². The molecule has 0 aromatic heterocycles. The maximum absolute atomic E-state index is 6.06. The third-order valence-electron chi connectivity index (χ3n) is 1.85. The first-order valence-electron chi connectivity index (χ1n) is 4.86. The van der Waals surface area contributed by atoms with Crippen LogP contribution in [0, 0.1) is 0 Å². The summed E-state index contributed by atoms with van der Waals surface area (Å²) in [6.45, 7) is 6.36. The second kappa shape index (κ2) is 6.33. The molecule has 1 rings (SSSR count). The quantitative estimate of drug-likeness (QED) is 0.777. The SMILES string of the molecule is CCNCC(C)Sc1ccccc1Cl. The number of hydrogen-bond acceptors (Lipinski definition) is 2. The molecule has 0 aliphatic heterocycles. The van der Waals surface area contributed by atoms with E-state index in [-0.39, 0.29) is 0 Å². The van der Waals surface area contributed by atoms with Gasteiger partial charge in [0.25, 0.3) is 0 Å². The van der Waals surface area contributed by atoms with Crippen molar-refractivity contribution in [3.8, 4) is 0 Å². The van der Waals surface area contributed by atoms with Gasteiger partial charge in [-0.1, -0.05) is 37.6 Å². The Morgan fingerprint density at radius 3 is 2.79 bits per heavy atom. The summed E-state index contributed by atoms with van der Waals surface area (Å²) in [5.41, 5.74) is 0. The molecule has 0 radical (unpaired) electrons. The second-order valence-corrected chi connectivity index (χ2v) is 5.05. The van der Waals surface area contributed by atoms with E-state index in [0.29, 0.717) is 5.25 Å². The average Bonchev–Trinajstić information content (AvgIpc) is 2.18. The van der Waals surface area contributed by atoms with E-state index < -0.39 is 0 Å². The van der Waals surface area contributed by atoms with Crippen molar-refractivity contribution in [2.75, 3.05) is 13.1 Å². The van der Waals surface area contributed by atoms with E-state index in [1.54, 1.807) is 0 Å². The largest absolute Gasteiger partial charge is 0.316 e. The highest BCUT2D eigenvalue weighted by molar-refractivity contribution is 8.00. The zero-order chi connectivity index (χ0) is 10.4. The molecule has 1 unspecified atom stereocenters. The van der Waals surface area contributed by atoms with E-state index in [0.717, 1.165) is 18.1 Å². The first-order chi connectivity index (χ1) is 6.74. The number of benzene rings is 1. The summed E-state index contributed by atoms with van der Waals surface area (Å²) in [5.74, 6) is 0. The third-order valence-corrected chi connectivity index (χ3v) is 3.47. The Labute approximate surface area is 95.2 Å². The van der Waals surface area contributed by atoms with Gasteiger partial charge < -0.3 is 5.32 Å². The number of halogens is 1. The van der Waals surface area contributed by atoms with Gasteiger partial charge in [-0.25, -0.2) is 0 Å².